The fourth-order valence-corrected chi connectivity index (χ4v) is 2.64. The smallest absolute Gasteiger partial charge is 0.315 e. The van der Waals surface area contributed by atoms with Gasteiger partial charge in [0.1, 0.15) is 17.3 Å². The third-order valence-electron chi connectivity index (χ3n) is 3.63. The Balaban J connectivity index is 1.80. The van der Waals surface area contributed by atoms with Gasteiger partial charge in [-0.05, 0) is 47.2 Å². The molecule has 0 aliphatic rings. The lowest BCUT2D eigenvalue weighted by molar-refractivity contribution is -0.133. The van der Waals surface area contributed by atoms with Crippen LogP contribution in [0.25, 0.3) is 10.8 Å². The van der Waals surface area contributed by atoms with E-state index in [1.807, 2.05) is 24.3 Å². The molecule has 0 heterocycles. The molecule has 0 amide bonds. The van der Waals surface area contributed by atoms with Crippen molar-refractivity contribution in [2.24, 2.45) is 0 Å². The fourth-order valence-electron chi connectivity index (χ4n) is 2.41. The molecule has 0 aliphatic heterocycles. The molecule has 3 nitrogen and oxygen atoms in total. The van der Waals surface area contributed by atoms with Gasteiger partial charge in [0.15, 0.2) is 0 Å². The van der Waals surface area contributed by atoms with Crippen LogP contribution in [0.4, 0.5) is 4.39 Å². The Bertz CT molecular complexity index is 888. The predicted octanol–water partition coefficient (Wildman–Crippen LogP) is 4.79. The fraction of sp³-hybridized carbons (Fsp3) is 0.105. The van der Waals surface area contributed by atoms with E-state index in [-0.39, 0.29) is 17.0 Å². The number of ether oxygens (including phenoxy) is 2. The van der Waals surface area contributed by atoms with E-state index in [0.29, 0.717) is 11.5 Å². The summed E-state index contributed by atoms with van der Waals surface area (Å²) >= 11 is 5.93. The summed E-state index contributed by atoms with van der Waals surface area (Å²) in [5, 5.41) is 2.08. The van der Waals surface area contributed by atoms with Crippen LogP contribution in [0.2, 0.25) is 5.02 Å². The molecule has 3 rings (SSSR count). The van der Waals surface area contributed by atoms with Gasteiger partial charge < -0.3 is 9.47 Å². The first-order chi connectivity index (χ1) is 11.6. The Morgan fingerprint density at radius 1 is 1.04 bits per heavy atom. The highest BCUT2D eigenvalue weighted by molar-refractivity contribution is 6.31. The Morgan fingerprint density at radius 3 is 2.46 bits per heavy atom. The molecule has 0 fully saturated rings. The van der Waals surface area contributed by atoms with Crippen molar-refractivity contribution in [3.05, 3.63) is 71.0 Å². The Labute approximate surface area is 143 Å². The number of carbonyl (C=O) groups excluding carboxylic acids is 1. The molecule has 0 aliphatic carbocycles. The van der Waals surface area contributed by atoms with Crippen LogP contribution in [-0.4, -0.2) is 13.1 Å². The third kappa shape index (κ3) is 3.49. The summed E-state index contributed by atoms with van der Waals surface area (Å²) in [6.45, 7) is 0. The van der Waals surface area contributed by atoms with Crippen molar-refractivity contribution in [2.75, 3.05) is 7.11 Å². The van der Waals surface area contributed by atoms with Gasteiger partial charge in [-0.3, -0.25) is 4.79 Å². The monoisotopic (exact) mass is 344 g/mol. The molecule has 0 saturated heterocycles. The molecule has 0 saturated carbocycles. The first-order valence-electron chi connectivity index (χ1n) is 7.28. The van der Waals surface area contributed by atoms with Gasteiger partial charge in [0.05, 0.1) is 13.5 Å². The lowest BCUT2D eigenvalue weighted by Gasteiger charge is -2.08. The molecule has 0 N–H and O–H groups in total. The van der Waals surface area contributed by atoms with Crippen LogP contribution in [0.15, 0.2) is 54.6 Å². The van der Waals surface area contributed by atoms with Crippen molar-refractivity contribution in [3.63, 3.8) is 0 Å². The van der Waals surface area contributed by atoms with Crippen LogP contribution in [0, 0.1) is 5.82 Å². The second-order valence-electron chi connectivity index (χ2n) is 5.23. The highest BCUT2D eigenvalue weighted by Gasteiger charge is 2.14. The van der Waals surface area contributed by atoms with Gasteiger partial charge in [-0.1, -0.05) is 29.8 Å². The van der Waals surface area contributed by atoms with Crippen molar-refractivity contribution in [3.8, 4) is 11.5 Å². The number of hydrogen-bond acceptors (Lipinski definition) is 3. The first kappa shape index (κ1) is 16.3. The van der Waals surface area contributed by atoms with Crippen LogP contribution in [0.3, 0.4) is 0 Å². The summed E-state index contributed by atoms with van der Waals surface area (Å²) in [4.78, 5) is 12.1. The average molecular weight is 345 g/mol. The molecule has 5 heteroatoms. The predicted molar refractivity (Wildman–Crippen MR) is 91.2 cm³/mol. The third-order valence-corrected chi connectivity index (χ3v) is 3.99. The lowest BCUT2D eigenvalue weighted by atomic mass is 10.1. The zero-order chi connectivity index (χ0) is 17.1. The number of carbonyl (C=O) groups is 1. The van der Waals surface area contributed by atoms with Gasteiger partial charge in [-0.2, -0.15) is 0 Å². The molecule has 0 spiro atoms. The van der Waals surface area contributed by atoms with Crippen LogP contribution >= 0.6 is 11.6 Å². The average Bonchev–Trinajstić information content (AvgIpc) is 2.57. The van der Waals surface area contributed by atoms with Gasteiger partial charge in [-0.15, -0.1) is 0 Å². The van der Waals surface area contributed by atoms with Crippen molar-refractivity contribution >= 4 is 28.3 Å². The number of halogens is 2. The largest absolute Gasteiger partial charge is 0.497 e. The van der Waals surface area contributed by atoms with Gasteiger partial charge in [0.2, 0.25) is 0 Å². The molecule has 0 bridgehead atoms. The van der Waals surface area contributed by atoms with Crippen molar-refractivity contribution < 1.29 is 18.7 Å². The maximum Gasteiger partial charge on any atom is 0.315 e. The quantitative estimate of drug-likeness (QED) is 0.504. The summed E-state index contributed by atoms with van der Waals surface area (Å²) in [6.07, 6.45) is -0.234. The highest BCUT2D eigenvalue weighted by Crippen LogP contribution is 2.26. The lowest BCUT2D eigenvalue weighted by Crippen LogP contribution is -2.12. The van der Waals surface area contributed by atoms with E-state index in [2.05, 4.69) is 0 Å². The SMILES string of the molecule is COc1ccc2ccc(OC(=O)Cc3c(F)cccc3Cl)cc2c1. The molecule has 3 aromatic rings. The molecule has 0 radical (unpaired) electrons. The normalized spacial score (nSPS) is 10.6. The first-order valence-corrected chi connectivity index (χ1v) is 7.66. The highest BCUT2D eigenvalue weighted by atomic mass is 35.5. The molecule has 0 aromatic heterocycles. The Hall–Kier alpha value is -2.59. The summed E-state index contributed by atoms with van der Waals surface area (Å²) < 4.78 is 24.2. The standard InChI is InChI=1S/C19H14ClFO3/c1-23-14-7-5-12-6-8-15(10-13(12)9-14)24-19(22)11-16-17(20)3-2-4-18(16)21/h2-10H,11H2,1H3. The number of esters is 1. The zero-order valence-corrected chi connectivity index (χ0v) is 13.6. The minimum atomic E-state index is -0.579. The number of fused-ring (bicyclic) bond motifs is 1. The number of benzene rings is 3. The van der Waals surface area contributed by atoms with Crippen molar-refractivity contribution in [2.45, 2.75) is 6.42 Å². The van der Waals surface area contributed by atoms with Crippen LogP contribution < -0.4 is 9.47 Å². The second kappa shape index (κ2) is 6.89. The number of rotatable bonds is 4. The summed E-state index contributed by atoms with van der Waals surface area (Å²) in [5.41, 5.74) is 0.131. The molecule has 0 atom stereocenters. The maximum atomic E-state index is 13.7. The van der Waals surface area contributed by atoms with E-state index < -0.39 is 11.8 Å². The molecule has 3 aromatic carbocycles. The van der Waals surface area contributed by atoms with Crippen LogP contribution in [0.1, 0.15) is 5.56 Å². The topological polar surface area (TPSA) is 35.5 Å². The van der Waals surface area contributed by atoms with Gasteiger partial charge >= 0.3 is 5.97 Å². The molecule has 0 unspecified atom stereocenters. The van der Waals surface area contributed by atoms with Crippen LogP contribution in [0.5, 0.6) is 11.5 Å². The van der Waals surface area contributed by atoms with E-state index in [9.17, 15) is 9.18 Å². The zero-order valence-electron chi connectivity index (χ0n) is 12.9. The Kier molecular flexibility index (Phi) is 4.67. The van der Waals surface area contributed by atoms with Gasteiger partial charge in [0, 0.05) is 10.6 Å². The molecule has 24 heavy (non-hydrogen) atoms. The second-order valence-corrected chi connectivity index (χ2v) is 5.63. The summed E-state index contributed by atoms with van der Waals surface area (Å²) in [7, 11) is 1.59. The molecular formula is C19H14ClFO3. The van der Waals surface area contributed by atoms with E-state index in [4.69, 9.17) is 21.1 Å². The number of methoxy groups -OCH3 is 1. The van der Waals surface area contributed by atoms with Crippen molar-refractivity contribution in [1.82, 2.24) is 0 Å². The summed E-state index contributed by atoms with van der Waals surface area (Å²) in [6, 6.07) is 15.2. The van der Waals surface area contributed by atoms with Gasteiger partial charge in [0.25, 0.3) is 0 Å². The van der Waals surface area contributed by atoms with E-state index >= 15 is 0 Å². The molecule has 122 valence electrons. The van der Waals surface area contributed by atoms with Crippen LogP contribution in [-0.2, 0) is 11.2 Å². The van der Waals surface area contributed by atoms with E-state index in [1.165, 1.54) is 18.2 Å². The summed E-state index contributed by atoms with van der Waals surface area (Å²) in [5.74, 6) is -0.00993. The molecular weight excluding hydrogens is 331 g/mol. The minimum absolute atomic E-state index is 0.131. The van der Waals surface area contributed by atoms with Gasteiger partial charge in [-0.25, -0.2) is 4.39 Å². The van der Waals surface area contributed by atoms with E-state index in [0.717, 1.165) is 10.8 Å². The Morgan fingerprint density at radius 2 is 1.75 bits per heavy atom. The van der Waals surface area contributed by atoms with Crippen molar-refractivity contribution in [1.29, 1.82) is 0 Å². The number of hydrogen-bond donors (Lipinski definition) is 0. The maximum absolute atomic E-state index is 13.7. The minimum Gasteiger partial charge on any atom is -0.497 e. The van der Waals surface area contributed by atoms with E-state index in [1.54, 1.807) is 19.2 Å².